The van der Waals surface area contributed by atoms with Crippen LogP contribution in [0.4, 0.5) is 17.3 Å². The molecule has 0 spiro atoms. The van der Waals surface area contributed by atoms with Crippen LogP contribution in [0.2, 0.25) is 0 Å². The molecule has 1 amide bonds. The van der Waals surface area contributed by atoms with Gasteiger partial charge in [-0.15, -0.1) is 0 Å². The summed E-state index contributed by atoms with van der Waals surface area (Å²) in [6, 6.07) is 13.5. The van der Waals surface area contributed by atoms with Crippen molar-refractivity contribution >= 4 is 23.2 Å². The van der Waals surface area contributed by atoms with Gasteiger partial charge in [-0.05, 0) is 55.4 Å². The summed E-state index contributed by atoms with van der Waals surface area (Å²) >= 11 is 0. The summed E-state index contributed by atoms with van der Waals surface area (Å²) in [7, 11) is 2.07. The maximum Gasteiger partial charge on any atom is 0.254 e. The summed E-state index contributed by atoms with van der Waals surface area (Å²) in [5, 5.41) is 26.3. The third-order valence-corrected chi connectivity index (χ3v) is 7.39. The molecule has 2 aromatic carbocycles. The number of likely N-dealkylation sites (N-methyl/N-ethyl adjacent to an activating group) is 1. The van der Waals surface area contributed by atoms with E-state index in [-0.39, 0.29) is 12.5 Å². The molecule has 2 aliphatic heterocycles. The van der Waals surface area contributed by atoms with Gasteiger partial charge in [0.05, 0.1) is 23.6 Å². The highest BCUT2D eigenvalue weighted by molar-refractivity contribution is 5.95. The molecule has 2 aliphatic rings. The molecule has 1 aromatic heterocycles. The molecule has 1 fully saturated rings. The number of aliphatic hydroxyl groups is 1. The Morgan fingerprint density at radius 1 is 1.22 bits per heavy atom. The number of aryl methyl sites for hydroxylation is 1. The molecule has 37 heavy (non-hydrogen) atoms. The van der Waals surface area contributed by atoms with Crippen molar-refractivity contribution < 1.29 is 9.90 Å². The number of nitrogens with one attached hydrogen (secondary N) is 2. The second-order valence-corrected chi connectivity index (χ2v) is 10.1. The smallest absolute Gasteiger partial charge is 0.254 e. The maximum atomic E-state index is 13.1. The lowest BCUT2D eigenvalue weighted by molar-refractivity contribution is 0.0664. The number of benzene rings is 2. The number of hydrogen-bond acceptors (Lipinski definition) is 8. The lowest BCUT2D eigenvalue weighted by Crippen LogP contribution is -2.47. The molecule has 190 valence electrons. The molecule has 3 heterocycles. The van der Waals surface area contributed by atoms with E-state index in [9.17, 15) is 15.2 Å². The first-order valence-corrected chi connectivity index (χ1v) is 12.4. The monoisotopic (exact) mass is 497 g/mol. The fourth-order valence-corrected chi connectivity index (χ4v) is 4.85. The molecule has 0 radical (unpaired) electrons. The van der Waals surface area contributed by atoms with Gasteiger partial charge in [0.1, 0.15) is 6.07 Å². The molecule has 0 bridgehead atoms. The summed E-state index contributed by atoms with van der Waals surface area (Å²) in [4.78, 5) is 26.3. The number of hydrogen-bond donors (Lipinski definition) is 3. The van der Waals surface area contributed by atoms with Gasteiger partial charge in [0.2, 0.25) is 5.95 Å². The van der Waals surface area contributed by atoms with Crippen LogP contribution in [0.3, 0.4) is 0 Å². The van der Waals surface area contributed by atoms with Gasteiger partial charge < -0.3 is 25.5 Å². The third-order valence-electron chi connectivity index (χ3n) is 7.39. The van der Waals surface area contributed by atoms with E-state index in [0.717, 1.165) is 41.2 Å². The van der Waals surface area contributed by atoms with Gasteiger partial charge in [-0.3, -0.25) is 4.79 Å². The van der Waals surface area contributed by atoms with Crippen LogP contribution >= 0.6 is 0 Å². The fourth-order valence-electron chi connectivity index (χ4n) is 4.85. The Hall–Kier alpha value is -4.00. The van der Waals surface area contributed by atoms with Crippen LogP contribution in [0.15, 0.2) is 42.6 Å². The molecule has 0 saturated carbocycles. The summed E-state index contributed by atoms with van der Waals surface area (Å²) in [5.41, 5.74) is 5.52. The Morgan fingerprint density at radius 3 is 2.73 bits per heavy atom. The SMILES string of the molecule is Cc1ccc(C(=O)N2CCN(C)CC2)cc1Nc1nccc(-c2cc(C#N)c3c(c2)[C@@](C)(CO)CN3)n1. The van der Waals surface area contributed by atoms with E-state index in [0.29, 0.717) is 42.4 Å². The van der Waals surface area contributed by atoms with Gasteiger partial charge in [-0.1, -0.05) is 13.0 Å². The van der Waals surface area contributed by atoms with Crippen LogP contribution in [0, 0.1) is 18.3 Å². The lowest BCUT2D eigenvalue weighted by Gasteiger charge is -2.32. The molecule has 0 aliphatic carbocycles. The van der Waals surface area contributed by atoms with Crippen LogP contribution in [0.5, 0.6) is 0 Å². The minimum Gasteiger partial charge on any atom is -0.395 e. The minimum absolute atomic E-state index is 0.0218. The number of carbonyl (C=O) groups excluding carboxylic acids is 1. The molecular formula is C28H31N7O2. The van der Waals surface area contributed by atoms with Crippen molar-refractivity contribution in [3.8, 4) is 17.3 Å². The van der Waals surface area contributed by atoms with Gasteiger partial charge in [0.15, 0.2) is 0 Å². The van der Waals surface area contributed by atoms with Crippen LogP contribution in [-0.4, -0.2) is 77.2 Å². The first kappa shape index (κ1) is 24.7. The molecule has 9 heteroatoms. The van der Waals surface area contributed by atoms with Crippen LogP contribution in [0.1, 0.15) is 34.0 Å². The molecule has 3 N–H and O–H groups in total. The van der Waals surface area contributed by atoms with Crippen molar-refractivity contribution in [2.75, 3.05) is 57.0 Å². The third kappa shape index (κ3) is 4.73. The summed E-state index contributed by atoms with van der Waals surface area (Å²) in [6.07, 6.45) is 1.67. The summed E-state index contributed by atoms with van der Waals surface area (Å²) in [5.74, 6) is 0.417. The number of nitrogens with zero attached hydrogens (tertiary/aromatic N) is 5. The fraction of sp³-hybridized carbons (Fsp3) is 0.357. The highest BCUT2D eigenvalue weighted by atomic mass is 16.3. The number of carbonyl (C=O) groups is 1. The standard InChI is InChI=1S/C28H31N7O2/c1-18-4-5-19(26(37)35-10-8-34(3)9-11-35)14-24(18)33-27-30-7-6-23(32-27)20-12-21(15-29)25-22(13-20)28(2,17-36)16-31-25/h4-7,12-14,31,36H,8-11,16-17H2,1-3H3,(H,30,32,33)/t28-/m1/s1. The van der Waals surface area contributed by atoms with E-state index in [1.54, 1.807) is 12.3 Å². The lowest BCUT2D eigenvalue weighted by atomic mass is 9.83. The number of rotatable bonds is 5. The first-order valence-electron chi connectivity index (χ1n) is 12.4. The first-order chi connectivity index (χ1) is 17.8. The van der Waals surface area contributed by atoms with Gasteiger partial charge in [0.25, 0.3) is 5.91 Å². The Kier molecular flexibility index (Phi) is 6.54. The topological polar surface area (TPSA) is 117 Å². The highest BCUT2D eigenvalue weighted by Gasteiger charge is 2.36. The van der Waals surface area contributed by atoms with Crippen molar-refractivity contribution in [2.24, 2.45) is 0 Å². The van der Waals surface area contributed by atoms with Crippen molar-refractivity contribution in [3.05, 3.63) is 64.8 Å². The quantitative estimate of drug-likeness (QED) is 0.492. The van der Waals surface area contributed by atoms with Crippen molar-refractivity contribution in [1.29, 1.82) is 5.26 Å². The molecule has 3 aromatic rings. The number of amides is 1. The van der Waals surface area contributed by atoms with Crippen molar-refractivity contribution in [1.82, 2.24) is 19.8 Å². The molecule has 1 saturated heterocycles. The second kappa shape index (κ2) is 9.81. The van der Waals surface area contributed by atoms with E-state index >= 15 is 0 Å². The molecule has 0 unspecified atom stereocenters. The normalized spacial score (nSPS) is 19.2. The van der Waals surface area contributed by atoms with Crippen LogP contribution in [0.25, 0.3) is 11.3 Å². The van der Waals surface area contributed by atoms with E-state index in [1.807, 2.05) is 49.1 Å². The highest BCUT2D eigenvalue weighted by Crippen LogP contribution is 2.41. The maximum absolute atomic E-state index is 13.1. The Morgan fingerprint density at radius 2 is 2.00 bits per heavy atom. The molecular weight excluding hydrogens is 466 g/mol. The zero-order valence-corrected chi connectivity index (χ0v) is 21.4. The summed E-state index contributed by atoms with van der Waals surface area (Å²) < 4.78 is 0. The van der Waals surface area contributed by atoms with Gasteiger partial charge in [-0.25, -0.2) is 9.97 Å². The number of fused-ring (bicyclic) bond motifs is 1. The zero-order chi connectivity index (χ0) is 26.2. The van der Waals surface area contributed by atoms with Crippen molar-refractivity contribution in [2.45, 2.75) is 19.3 Å². The Balaban J connectivity index is 1.43. The van der Waals surface area contributed by atoms with Gasteiger partial charge in [-0.2, -0.15) is 5.26 Å². The van der Waals surface area contributed by atoms with Crippen molar-refractivity contribution in [3.63, 3.8) is 0 Å². The van der Waals surface area contributed by atoms with E-state index < -0.39 is 5.41 Å². The molecule has 1 atom stereocenters. The second-order valence-electron chi connectivity index (χ2n) is 10.1. The number of aromatic nitrogens is 2. The van der Waals surface area contributed by atoms with E-state index in [2.05, 4.69) is 33.6 Å². The molecule has 9 nitrogen and oxygen atoms in total. The average molecular weight is 498 g/mol. The number of nitriles is 1. The largest absolute Gasteiger partial charge is 0.395 e. The average Bonchev–Trinajstić information content (AvgIpc) is 3.26. The van der Waals surface area contributed by atoms with E-state index in [1.165, 1.54) is 0 Å². The zero-order valence-electron chi connectivity index (χ0n) is 21.4. The van der Waals surface area contributed by atoms with Gasteiger partial charge in [0, 0.05) is 61.1 Å². The predicted octanol–water partition coefficient (Wildman–Crippen LogP) is 3.13. The van der Waals surface area contributed by atoms with E-state index in [4.69, 9.17) is 4.98 Å². The van der Waals surface area contributed by atoms with Crippen LogP contribution in [-0.2, 0) is 5.41 Å². The minimum atomic E-state index is -0.473. The Labute approximate surface area is 216 Å². The number of piperazine rings is 1. The van der Waals surface area contributed by atoms with Crippen LogP contribution < -0.4 is 10.6 Å². The number of anilines is 3. The Bertz CT molecular complexity index is 1390. The number of aliphatic hydroxyl groups excluding tert-OH is 1. The summed E-state index contributed by atoms with van der Waals surface area (Å²) in [6.45, 7) is 7.65. The van der Waals surface area contributed by atoms with Gasteiger partial charge >= 0.3 is 0 Å². The predicted molar refractivity (Wildman–Crippen MR) is 143 cm³/mol. The molecule has 5 rings (SSSR count).